The molecule has 0 atom stereocenters. The highest BCUT2D eigenvalue weighted by Crippen LogP contribution is 2.29. The fourth-order valence-electron chi connectivity index (χ4n) is 3.37. The van der Waals surface area contributed by atoms with Crippen LogP contribution in [0.25, 0.3) is 34.1 Å². The molecule has 1 amide bonds. The molecule has 0 spiro atoms. The molecule has 0 aliphatic rings. The Kier molecular flexibility index (Phi) is 5.24. The van der Waals surface area contributed by atoms with Gasteiger partial charge >= 0.3 is 0 Å². The van der Waals surface area contributed by atoms with E-state index in [0.29, 0.717) is 17.5 Å². The van der Waals surface area contributed by atoms with Crippen LogP contribution in [0, 0.1) is 6.92 Å². The van der Waals surface area contributed by atoms with Gasteiger partial charge in [0.15, 0.2) is 0 Å². The Morgan fingerprint density at radius 2 is 1.52 bits per heavy atom. The van der Waals surface area contributed by atoms with Crippen molar-refractivity contribution < 1.29 is 9.21 Å². The normalized spacial score (nSPS) is 10.8. The number of aromatic nitrogens is 4. The predicted molar refractivity (Wildman–Crippen MR) is 127 cm³/mol. The molecule has 5 aromatic rings. The highest BCUT2D eigenvalue weighted by molar-refractivity contribution is 5.92. The molecule has 0 saturated carbocycles. The zero-order valence-electron chi connectivity index (χ0n) is 18.0. The Balaban J connectivity index is 1.50. The van der Waals surface area contributed by atoms with Crippen molar-refractivity contribution in [3.05, 3.63) is 78.4 Å². The van der Waals surface area contributed by atoms with Crippen LogP contribution in [0.5, 0.6) is 0 Å². The molecule has 162 valence electrons. The van der Waals surface area contributed by atoms with Gasteiger partial charge in [0.2, 0.25) is 17.6 Å². The fraction of sp³-hybridized carbons (Fsp3) is 0.0800. The summed E-state index contributed by atoms with van der Waals surface area (Å²) in [4.78, 5) is 20.5. The Hall–Kier alpha value is -4.59. The maximum Gasteiger partial charge on any atom is 0.286 e. The van der Waals surface area contributed by atoms with E-state index in [4.69, 9.17) is 4.42 Å². The number of carbonyl (C=O) groups is 1. The number of para-hydroxylation sites is 1. The molecule has 0 saturated heterocycles. The molecule has 0 radical (unpaired) electrons. The second-order valence-corrected chi connectivity index (χ2v) is 7.57. The van der Waals surface area contributed by atoms with Crippen LogP contribution in [0.1, 0.15) is 12.5 Å². The number of carbonyl (C=O) groups excluding carboxylic acids is 1. The molecule has 2 aromatic heterocycles. The van der Waals surface area contributed by atoms with E-state index in [-0.39, 0.29) is 11.8 Å². The summed E-state index contributed by atoms with van der Waals surface area (Å²) in [5.74, 6) is 1.46. The molecular formula is C25H20N6O2. The van der Waals surface area contributed by atoms with Gasteiger partial charge in [0.25, 0.3) is 5.89 Å². The van der Waals surface area contributed by atoms with Crippen LogP contribution in [0.3, 0.4) is 0 Å². The number of hydrogen-bond donors (Lipinski definition) is 2. The minimum absolute atomic E-state index is 0.119. The average molecular weight is 436 g/mol. The van der Waals surface area contributed by atoms with Crippen molar-refractivity contribution in [2.45, 2.75) is 13.8 Å². The fourth-order valence-corrected chi connectivity index (χ4v) is 3.37. The second kappa shape index (κ2) is 8.51. The Labute approximate surface area is 189 Å². The minimum atomic E-state index is -0.119. The zero-order valence-corrected chi connectivity index (χ0v) is 18.0. The van der Waals surface area contributed by atoms with Gasteiger partial charge in [-0.2, -0.15) is 0 Å². The van der Waals surface area contributed by atoms with E-state index < -0.39 is 0 Å². The van der Waals surface area contributed by atoms with Gasteiger partial charge in [-0.15, -0.1) is 10.2 Å². The molecule has 8 heteroatoms. The van der Waals surface area contributed by atoms with Crippen molar-refractivity contribution >= 4 is 34.0 Å². The highest BCUT2D eigenvalue weighted by atomic mass is 16.4. The van der Waals surface area contributed by atoms with Crippen LogP contribution in [0.4, 0.5) is 17.2 Å². The van der Waals surface area contributed by atoms with Crippen molar-refractivity contribution in [2.24, 2.45) is 0 Å². The smallest absolute Gasteiger partial charge is 0.286 e. The van der Waals surface area contributed by atoms with Crippen LogP contribution in [-0.4, -0.2) is 26.1 Å². The standard InChI is InChI=1S/C25H20N6O2/c1-15-7-9-17(10-8-15)24-30-31-25(33-24)23-28-21-6-4-3-5-20(21)22(29-23)27-19-13-11-18(12-14-19)26-16(2)32/h3-14H,1-2H3,(H,26,32)(H,27,28,29). The van der Waals surface area contributed by atoms with Crippen molar-refractivity contribution in [3.63, 3.8) is 0 Å². The summed E-state index contributed by atoms with van der Waals surface area (Å²) in [5.41, 5.74) is 4.26. The van der Waals surface area contributed by atoms with E-state index in [1.807, 2.05) is 79.7 Å². The Morgan fingerprint density at radius 3 is 2.27 bits per heavy atom. The Bertz CT molecular complexity index is 1440. The molecular weight excluding hydrogens is 416 g/mol. The van der Waals surface area contributed by atoms with Crippen LogP contribution in [0.2, 0.25) is 0 Å². The number of benzene rings is 3. The average Bonchev–Trinajstić information content (AvgIpc) is 3.31. The molecule has 8 nitrogen and oxygen atoms in total. The second-order valence-electron chi connectivity index (χ2n) is 7.57. The molecule has 0 unspecified atom stereocenters. The number of aryl methyl sites for hydroxylation is 1. The van der Waals surface area contributed by atoms with E-state index in [1.54, 1.807) is 0 Å². The molecule has 5 rings (SSSR count). The third kappa shape index (κ3) is 4.40. The third-order valence-corrected chi connectivity index (χ3v) is 4.99. The summed E-state index contributed by atoms with van der Waals surface area (Å²) in [6, 6.07) is 22.9. The predicted octanol–water partition coefficient (Wildman–Crippen LogP) is 5.36. The Morgan fingerprint density at radius 1 is 0.818 bits per heavy atom. The number of fused-ring (bicyclic) bond motifs is 1. The number of nitrogens with zero attached hydrogens (tertiary/aromatic N) is 4. The lowest BCUT2D eigenvalue weighted by Gasteiger charge is -2.10. The van der Waals surface area contributed by atoms with Gasteiger partial charge in [0.05, 0.1) is 5.52 Å². The molecule has 2 N–H and O–H groups in total. The quantitative estimate of drug-likeness (QED) is 0.382. The zero-order chi connectivity index (χ0) is 22.8. The molecule has 0 bridgehead atoms. The lowest BCUT2D eigenvalue weighted by atomic mass is 10.1. The lowest BCUT2D eigenvalue weighted by Crippen LogP contribution is -2.05. The number of rotatable bonds is 5. The van der Waals surface area contributed by atoms with Crippen LogP contribution < -0.4 is 10.6 Å². The summed E-state index contributed by atoms with van der Waals surface area (Å²) < 4.78 is 5.89. The van der Waals surface area contributed by atoms with Crippen LogP contribution in [0.15, 0.2) is 77.2 Å². The summed E-state index contributed by atoms with van der Waals surface area (Å²) in [6.07, 6.45) is 0. The van der Waals surface area contributed by atoms with Gasteiger partial charge in [-0.05, 0) is 55.5 Å². The summed E-state index contributed by atoms with van der Waals surface area (Å²) >= 11 is 0. The summed E-state index contributed by atoms with van der Waals surface area (Å²) in [5, 5.41) is 15.3. The minimum Gasteiger partial charge on any atom is -0.413 e. The van der Waals surface area contributed by atoms with Gasteiger partial charge in [-0.3, -0.25) is 4.79 Å². The molecule has 2 heterocycles. The largest absolute Gasteiger partial charge is 0.413 e. The van der Waals surface area contributed by atoms with Gasteiger partial charge < -0.3 is 15.1 Å². The van der Waals surface area contributed by atoms with E-state index in [2.05, 4.69) is 30.8 Å². The van der Waals surface area contributed by atoms with Crippen molar-refractivity contribution in [3.8, 4) is 23.2 Å². The summed E-state index contributed by atoms with van der Waals surface area (Å²) in [6.45, 7) is 3.50. The molecule has 0 aliphatic carbocycles. The van der Waals surface area contributed by atoms with Gasteiger partial charge in [-0.1, -0.05) is 29.8 Å². The maximum atomic E-state index is 11.3. The first-order valence-corrected chi connectivity index (χ1v) is 10.4. The lowest BCUT2D eigenvalue weighted by molar-refractivity contribution is -0.114. The van der Waals surface area contributed by atoms with Gasteiger partial charge in [0, 0.05) is 29.2 Å². The van der Waals surface area contributed by atoms with E-state index in [9.17, 15) is 4.79 Å². The highest BCUT2D eigenvalue weighted by Gasteiger charge is 2.16. The van der Waals surface area contributed by atoms with Gasteiger partial charge in [-0.25, -0.2) is 9.97 Å². The van der Waals surface area contributed by atoms with Crippen molar-refractivity contribution in [1.29, 1.82) is 0 Å². The first-order chi connectivity index (χ1) is 16.0. The first-order valence-electron chi connectivity index (χ1n) is 10.4. The molecule has 0 aliphatic heterocycles. The maximum absolute atomic E-state index is 11.3. The number of amides is 1. The SMILES string of the molecule is CC(=O)Nc1ccc(Nc2nc(-c3nnc(-c4ccc(C)cc4)o3)nc3ccccc23)cc1. The van der Waals surface area contributed by atoms with E-state index in [0.717, 1.165) is 33.4 Å². The van der Waals surface area contributed by atoms with E-state index >= 15 is 0 Å². The topological polar surface area (TPSA) is 106 Å². The first kappa shape index (κ1) is 20.3. The van der Waals surface area contributed by atoms with E-state index in [1.165, 1.54) is 6.92 Å². The summed E-state index contributed by atoms with van der Waals surface area (Å²) in [7, 11) is 0. The molecule has 33 heavy (non-hydrogen) atoms. The monoisotopic (exact) mass is 436 g/mol. The van der Waals surface area contributed by atoms with Crippen molar-refractivity contribution in [1.82, 2.24) is 20.2 Å². The number of anilines is 3. The third-order valence-electron chi connectivity index (χ3n) is 4.99. The number of hydrogen-bond acceptors (Lipinski definition) is 7. The molecule has 3 aromatic carbocycles. The van der Waals surface area contributed by atoms with Crippen LogP contribution >= 0.6 is 0 Å². The number of nitrogens with one attached hydrogen (secondary N) is 2. The molecule has 0 fully saturated rings. The van der Waals surface area contributed by atoms with Gasteiger partial charge in [0.1, 0.15) is 5.82 Å². The van der Waals surface area contributed by atoms with Crippen LogP contribution in [-0.2, 0) is 4.79 Å². The van der Waals surface area contributed by atoms with Crippen molar-refractivity contribution in [2.75, 3.05) is 10.6 Å².